The van der Waals surface area contributed by atoms with Gasteiger partial charge < -0.3 is 9.64 Å². The van der Waals surface area contributed by atoms with Crippen LogP contribution in [0.2, 0.25) is 0 Å². The van der Waals surface area contributed by atoms with Crippen molar-refractivity contribution in [2.45, 2.75) is 52.6 Å². The Balaban J connectivity index is 2.33. The van der Waals surface area contributed by atoms with E-state index in [2.05, 4.69) is 13.3 Å². The van der Waals surface area contributed by atoms with Crippen LogP contribution < -0.4 is 0 Å². The average Bonchev–Trinajstić information content (AvgIpc) is 2.16. The molecule has 1 aliphatic rings. The SMILES string of the molecule is CC[CH]C1CCN(C(=O)OC(C)(C)C)CC1. The van der Waals surface area contributed by atoms with Crippen LogP contribution in [0.25, 0.3) is 0 Å². The standard InChI is InChI=1S/C13H24NO2/c1-5-6-11-7-9-14(10-8-11)12(15)16-13(2,3)4/h6,11H,5,7-10H2,1-4H3. The van der Waals surface area contributed by atoms with Gasteiger partial charge in [0.25, 0.3) is 0 Å². The van der Waals surface area contributed by atoms with Crippen LogP contribution in [0.1, 0.15) is 47.0 Å². The van der Waals surface area contributed by atoms with Gasteiger partial charge >= 0.3 is 6.09 Å². The summed E-state index contributed by atoms with van der Waals surface area (Å²) in [5.74, 6) is 0.684. The van der Waals surface area contributed by atoms with E-state index in [9.17, 15) is 4.79 Å². The Morgan fingerprint density at radius 2 is 1.94 bits per heavy atom. The molecule has 93 valence electrons. The number of ether oxygens (including phenoxy) is 1. The van der Waals surface area contributed by atoms with E-state index in [1.807, 2.05) is 25.7 Å². The average molecular weight is 226 g/mol. The monoisotopic (exact) mass is 226 g/mol. The lowest BCUT2D eigenvalue weighted by molar-refractivity contribution is 0.0193. The molecule has 3 nitrogen and oxygen atoms in total. The van der Waals surface area contributed by atoms with E-state index >= 15 is 0 Å². The van der Waals surface area contributed by atoms with Gasteiger partial charge in [-0.1, -0.05) is 13.3 Å². The highest BCUT2D eigenvalue weighted by Crippen LogP contribution is 2.22. The maximum atomic E-state index is 11.8. The summed E-state index contributed by atoms with van der Waals surface area (Å²) in [4.78, 5) is 13.6. The van der Waals surface area contributed by atoms with Crippen LogP contribution in [-0.2, 0) is 4.74 Å². The van der Waals surface area contributed by atoms with E-state index in [1.54, 1.807) is 0 Å². The van der Waals surface area contributed by atoms with Crippen LogP contribution in [0.3, 0.4) is 0 Å². The molecule has 0 saturated carbocycles. The number of carbonyl (C=O) groups is 1. The third kappa shape index (κ3) is 4.42. The van der Waals surface area contributed by atoms with E-state index in [1.165, 1.54) is 0 Å². The number of likely N-dealkylation sites (tertiary alicyclic amines) is 1. The van der Waals surface area contributed by atoms with E-state index in [0.29, 0.717) is 5.92 Å². The van der Waals surface area contributed by atoms with Gasteiger partial charge in [0.1, 0.15) is 5.60 Å². The number of nitrogens with zero attached hydrogens (tertiary/aromatic N) is 1. The molecule has 1 rings (SSSR count). The number of rotatable bonds is 2. The maximum absolute atomic E-state index is 11.8. The van der Waals surface area contributed by atoms with Crippen molar-refractivity contribution in [3.8, 4) is 0 Å². The smallest absolute Gasteiger partial charge is 0.410 e. The second-order valence-corrected chi connectivity index (χ2v) is 5.45. The van der Waals surface area contributed by atoms with Gasteiger partial charge in [-0.25, -0.2) is 4.79 Å². The summed E-state index contributed by atoms with van der Waals surface area (Å²) >= 11 is 0. The predicted molar refractivity (Wildman–Crippen MR) is 65.1 cm³/mol. The first-order chi connectivity index (χ1) is 7.42. The Hall–Kier alpha value is -0.730. The second-order valence-electron chi connectivity index (χ2n) is 5.45. The third-order valence-electron chi connectivity index (χ3n) is 2.76. The molecule has 0 aromatic carbocycles. The number of amides is 1. The Labute approximate surface area is 99.1 Å². The Bertz CT molecular complexity index is 225. The first-order valence-electron chi connectivity index (χ1n) is 6.23. The fourth-order valence-electron chi connectivity index (χ4n) is 1.98. The fraction of sp³-hybridized carbons (Fsp3) is 0.846. The van der Waals surface area contributed by atoms with Crippen molar-refractivity contribution in [1.29, 1.82) is 0 Å². The second kappa shape index (κ2) is 5.55. The summed E-state index contributed by atoms with van der Waals surface area (Å²) in [5, 5.41) is 0. The summed E-state index contributed by atoms with van der Waals surface area (Å²) in [6.45, 7) is 9.54. The summed E-state index contributed by atoms with van der Waals surface area (Å²) in [7, 11) is 0. The minimum atomic E-state index is -0.385. The van der Waals surface area contributed by atoms with Crippen molar-refractivity contribution < 1.29 is 9.53 Å². The highest BCUT2D eigenvalue weighted by atomic mass is 16.6. The van der Waals surface area contributed by atoms with Crippen molar-refractivity contribution >= 4 is 6.09 Å². The highest BCUT2D eigenvalue weighted by molar-refractivity contribution is 5.68. The molecule has 0 bridgehead atoms. The summed E-state index contributed by atoms with van der Waals surface area (Å²) in [6.07, 6.45) is 5.46. The zero-order chi connectivity index (χ0) is 12.2. The molecule has 1 aliphatic heterocycles. The van der Waals surface area contributed by atoms with Crippen molar-refractivity contribution in [3.05, 3.63) is 6.42 Å². The molecule has 0 aromatic rings. The molecule has 1 fully saturated rings. The van der Waals surface area contributed by atoms with Crippen LogP contribution in [0.15, 0.2) is 0 Å². The Morgan fingerprint density at radius 1 is 1.38 bits per heavy atom. The molecule has 3 heteroatoms. The van der Waals surface area contributed by atoms with Crippen LogP contribution in [0.4, 0.5) is 4.79 Å². The van der Waals surface area contributed by atoms with Gasteiger partial charge in [-0.3, -0.25) is 0 Å². The van der Waals surface area contributed by atoms with Crippen molar-refractivity contribution in [2.75, 3.05) is 13.1 Å². The molecule has 0 unspecified atom stereocenters. The largest absolute Gasteiger partial charge is 0.444 e. The van der Waals surface area contributed by atoms with Crippen molar-refractivity contribution in [2.24, 2.45) is 5.92 Å². The minimum absolute atomic E-state index is 0.164. The normalized spacial score (nSPS) is 18.6. The molecule has 1 radical (unpaired) electrons. The van der Waals surface area contributed by atoms with Gasteiger partial charge in [0, 0.05) is 13.1 Å². The molecule has 0 N–H and O–H groups in total. The maximum Gasteiger partial charge on any atom is 0.410 e. The lowest BCUT2D eigenvalue weighted by atomic mass is 9.93. The van der Waals surface area contributed by atoms with Gasteiger partial charge in [0.05, 0.1) is 0 Å². The summed E-state index contributed by atoms with van der Waals surface area (Å²) in [5.41, 5.74) is -0.385. The number of piperidine rings is 1. The Morgan fingerprint density at radius 3 is 2.38 bits per heavy atom. The van der Waals surface area contributed by atoms with Crippen molar-refractivity contribution in [1.82, 2.24) is 4.90 Å². The lowest BCUT2D eigenvalue weighted by Crippen LogP contribution is -2.41. The molecule has 1 amide bonds. The van der Waals surface area contributed by atoms with Gasteiger partial charge in [0.15, 0.2) is 0 Å². The molecule has 1 saturated heterocycles. The number of hydrogen-bond acceptors (Lipinski definition) is 2. The minimum Gasteiger partial charge on any atom is -0.444 e. The quantitative estimate of drug-likeness (QED) is 0.723. The summed E-state index contributed by atoms with van der Waals surface area (Å²) < 4.78 is 5.35. The molecule has 16 heavy (non-hydrogen) atoms. The lowest BCUT2D eigenvalue weighted by Gasteiger charge is -2.33. The van der Waals surface area contributed by atoms with Crippen molar-refractivity contribution in [3.63, 3.8) is 0 Å². The van der Waals surface area contributed by atoms with Crippen LogP contribution in [-0.4, -0.2) is 29.7 Å². The first kappa shape index (κ1) is 13.3. The van der Waals surface area contributed by atoms with E-state index in [0.717, 1.165) is 32.4 Å². The molecule has 0 aromatic heterocycles. The summed E-state index contributed by atoms with van der Waals surface area (Å²) in [6, 6.07) is 0. The zero-order valence-electron chi connectivity index (χ0n) is 11.0. The first-order valence-corrected chi connectivity index (χ1v) is 6.23. The number of hydrogen-bond donors (Lipinski definition) is 0. The predicted octanol–water partition coefficient (Wildman–Crippen LogP) is 3.25. The molecule has 0 aliphatic carbocycles. The number of carbonyl (C=O) groups excluding carboxylic acids is 1. The topological polar surface area (TPSA) is 29.5 Å². The van der Waals surface area contributed by atoms with Gasteiger partial charge in [-0.15, -0.1) is 0 Å². The fourth-order valence-corrected chi connectivity index (χ4v) is 1.98. The zero-order valence-corrected chi connectivity index (χ0v) is 11.0. The van der Waals surface area contributed by atoms with E-state index in [-0.39, 0.29) is 11.7 Å². The van der Waals surface area contributed by atoms with Crippen LogP contribution in [0.5, 0.6) is 0 Å². The highest BCUT2D eigenvalue weighted by Gasteiger charge is 2.26. The van der Waals surface area contributed by atoms with Gasteiger partial charge in [0.2, 0.25) is 0 Å². The van der Waals surface area contributed by atoms with Crippen LogP contribution in [0, 0.1) is 12.3 Å². The third-order valence-corrected chi connectivity index (χ3v) is 2.76. The molecular weight excluding hydrogens is 202 g/mol. The molecule has 1 heterocycles. The van der Waals surface area contributed by atoms with Gasteiger partial charge in [-0.05, 0) is 46.0 Å². The van der Waals surface area contributed by atoms with E-state index < -0.39 is 0 Å². The molecular formula is C13H24NO2. The Kier molecular flexibility index (Phi) is 4.63. The van der Waals surface area contributed by atoms with Gasteiger partial charge in [-0.2, -0.15) is 0 Å². The molecule has 0 spiro atoms. The van der Waals surface area contributed by atoms with E-state index in [4.69, 9.17) is 4.74 Å². The van der Waals surface area contributed by atoms with Crippen LogP contribution >= 0.6 is 0 Å². The molecule has 0 atom stereocenters.